The molecule has 0 saturated carbocycles. The highest BCUT2D eigenvalue weighted by Gasteiger charge is 2.24. The lowest BCUT2D eigenvalue weighted by atomic mass is 9.94. The maximum atomic E-state index is 14.5. The normalized spacial score (nSPS) is 11.3. The molecule has 0 aliphatic carbocycles. The van der Waals surface area contributed by atoms with Crippen molar-refractivity contribution in [1.82, 2.24) is 4.57 Å². The summed E-state index contributed by atoms with van der Waals surface area (Å²) < 4.78 is 16.8. The summed E-state index contributed by atoms with van der Waals surface area (Å²) in [5, 5.41) is 3.40. The Labute approximate surface area is 367 Å². The van der Waals surface area contributed by atoms with Gasteiger partial charge in [-0.15, -0.1) is 0 Å². The third-order valence-corrected chi connectivity index (χ3v) is 12.1. The first kappa shape index (κ1) is 37.7. The first-order chi connectivity index (χ1) is 31.2. The van der Waals surface area contributed by atoms with Crippen LogP contribution in [0.3, 0.4) is 0 Å². The number of fused-ring (bicyclic) bond motifs is 3. The summed E-state index contributed by atoms with van der Waals surface area (Å²) in [4.78, 5) is 2.33. The molecule has 0 fully saturated rings. The van der Waals surface area contributed by atoms with Gasteiger partial charge >= 0.3 is 0 Å². The third kappa shape index (κ3) is 7.06. The minimum absolute atomic E-state index is 0.262. The van der Waals surface area contributed by atoms with E-state index in [1.807, 2.05) is 18.2 Å². The first-order valence-electron chi connectivity index (χ1n) is 21.4. The van der Waals surface area contributed by atoms with Crippen LogP contribution in [0.15, 0.2) is 249 Å². The molecule has 2 nitrogen and oxygen atoms in total. The zero-order chi connectivity index (χ0) is 42.1. The van der Waals surface area contributed by atoms with Crippen LogP contribution in [-0.4, -0.2) is 4.57 Å². The molecule has 0 bridgehead atoms. The standard InChI is InChI=1S/C60H41FN2/c61-49-30-38-53(39-31-49)63-59(48-20-11-4-12-21-48)58(47-18-9-3-10-19-47)57-41-40-55-54(22-13-23-56(55)60(57)63)46-28-36-52(37-29-46)62(50-32-24-44(25-33-50)42-14-5-1-6-15-42)51-34-26-45(27-35-51)43-16-7-2-8-17-43/h1-41H. The van der Waals surface area contributed by atoms with Crippen molar-refractivity contribution in [1.29, 1.82) is 0 Å². The van der Waals surface area contributed by atoms with Crippen LogP contribution >= 0.6 is 0 Å². The van der Waals surface area contributed by atoms with E-state index in [4.69, 9.17) is 0 Å². The Kier molecular flexibility index (Phi) is 9.76. The number of anilines is 3. The predicted octanol–water partition coefficient (Wildman–Crippen LogP) is 16.7. The largest absolute Gasteiger partial charge is 0.311 e. The molecule has 0 saturated heterocycles. The van der Waals surface area contributed by atoms with E-state index in [-0.39, 0.29) is 5.82 Å². The second-order valence-electron chi connectivity index (χ2n) is 15.8. The Bertz CT molecular complexity index is 3240. The second kappa shape index (κ2) is 16.3. The van der Waals surface area contributed by atoms with Gasteiger partial charge in [0, 0.05) is 39.1 Å². The van der Waals surface area contributed by atoms with Crippen LogP contribution in [0.2, 0.25) is 0 Å². The fourth-order valence-corrected chi connectivity index (χ4v) is 9.11. The number of halogens is 1. The number of nitrogens with zero attached hydrogens (tertiary/aromatic N) is 2. The zero-order valence-corrected chi connectivity index (χ0v) is 34.4. The Hall–Kier alpha value is -8.27. The summed E-state index contributed by atoms with van der Waals surface area (Å²) in [6, 6.07) is 86.7. The molecular weight excluding hydrogens is 768 g/mol. The van der Waals surface area contributed by atoms with Gasteiger partial charge in [0.05, 0.1) is 11.2 Å². The maximum Gasteiger partial charge on any atom is 0.123 e. The van der Waals surface area contributed by atoms with Crippen LogP contribution < -0.4 is 4.90 Å². The predicted molar refractivity (Wildman–Crippen MR) is 263 cm³/mol. The molecule has 1 aromatic heterocycles. The van der Waals surface area contributed by atoms with Crippen molar-refractivity contribution in [2.45, 2.75) is 0 Å². The number of hydrogen-bond donors (Lipinski definition) is 0. The van der Waals surface area contributed by atoms with Gasteiger partial charge < -0.3 is 9.47 Å². The molecule has 63 heavy (non-hydrogen) atoms. The minimum Gasteiger partial charge on any atom is -0.311 e. The molecule has 0 N–H and O–H groups in total. The van der Waals surface area contributed by atoms with Gasteiger partial charge in [-0.2, -0.15) is 0 Å². The lowest BCUT2D eigenvalue weighted by Gasteiger charge is -2.26. The second-order valence-corrected chi connectivity index (χ2v) is 15.8. The molecule has 11 rings (SSSR count). The van der Waals surface area contributed by atoms with Crippen molar-refractivity contribution in [3.63, 3.8) is 0 Å². The van der Waals surface area contributed by atoms with E-state index < -0.39 is 0 Å². The molecule has 298 valence electrons. The minimum atomic E-state index is -0.262. The van der Waals surface area contributed by atoms with Gasteiger partial charge in [-0.3, -0.25) is 0 Å². The summed E-state index contributed by atoms with van der Waals surface area (Å²) in [6.07, 6.45) is 0. The highest BCUT2D eigenvalue weighted by Crippen LogP contribution is 2.46. The van der Waals surface area contributed by atoms with E-state index in [0.717, 1.165) is 77.9 Å². The lowest BCUT2D eigenvalue weighted by molar-refractivity contribution is 0.627. The van der Waals surface area contributed by atoms with Crippen LogP contribution in [0.1, 0.15) is 0 Å². The quantitative estimate of drug-likeness (QED) is 0.141. The van der Waals surface area contributed by atoms with Crippen molar-refractivity contribution < 1.29 is 4.39 Å². The lowest BCUT2D eigenvalue weighted by Crippen LogP contribution is -2.09. The van der Waals surface area contributed by atoms with E-state index in [1.54, 1.807) is 12.1 Å². The molecule has 0 unspecified atom stereocenters. The Morgan fingerprint density at radius 1 is 0.302 bits per heavy atom. The first-order valence-corrected chi connectivity index (χ1v) is 21.4. The summed E-state index contributed by atoms with van der Waals surface area (Å²) in [5.41, 5.74) is 16.6. The van der Waals surface area contributed by atoms with E-state index in [1.165, 1.54) is 22.3 Å². The molecule has 0 amide bonds. The van der Waals surface area contributed by atoms with E-state index in [2.05, 4.69) is 228 Å². The van der Waals surface area contributed by atoms with Crippen molar-refractivity contribution in [3.05, 3.63) is 255 Å². The number of hydrogen-bond acceptors (Lipinski definition) is 1. The highest BCUT2D eigenvalue weighted by atomic mass is 19.1. The van der Waals surface area contributed by atoms with Crippen LogP contribution in [0.5, 0.6) is 0 Å². The molecule has 1 heterocycles. The molecule has 0 atom stereocenters. The fourth-order valence-electron chi connectivity index (χ4n) is 9.11. The smallest absolute Gasteiger partial charge is 0.123 e. The van der Waals surface area contributed by atoms with Crippen LogP contribution in [0, 0.1) is 5.82 Å². The molecule has 0 radical (unpaired) electrons. The summed E-state index contributed by atoms with van der Waals surface area (Å²) in [5.74, 6) is -0.262. The van der Waals surface area contributed by atoms with Crippen LogP contribution in [-0.2, 0) is 0 Å². The average molecular weight is 809 g/mol. The monoisotopic (exact) mass is 808 g/mol. The van der Waals surface area contributed by atoms with E-state index >= 15 is 0 Å². The SMILES string of the molecule is Fc1ccc(-n2c(-c3ccccc3)c(-c3ccccc3)c3ccc4c(-c5ccc(N(c6ccc(-c7ccccc7)cc6)c6ccc(-c7ccccc7)cc6)cc5)cccc4c32)cc1. The molecule has 3 heteroatoms. The van der Waals surface area contributed by atoms with Gasteiger partial charge in [-0.1, -0.05) is 188 Å². The molecule has 0 aliphatic heterocycles. The summed E-state index contributed by atoms with van der Waals surface area (Å²) in [6.45, 7) is 0. The van der Waals surface area contributed by atoms with Crippen LogP contribution in [0.25, 0.3) is 83.1 Å². The van der Waals surface area contributed by atoms with Crippen molar-refractivity contribution in [3.8, 4) is 61.5 Å². The molecular formula is C60H41FN2. The number of benzene rings is 10. The zero-order valence-electron chi connectivity index (χ0n) is 34.4. The van der Waals surface area contributed by atoms with Gasteiger partial charge in [-0.25, -0.2) is 4.39 Å². The number of rotatable bonds is 9. The van der Waals surface area contributed by atoms with Crippen molar-refractivity contribution in [2.24, 2.45) is 0 Å². The third-order valence-electron chi connectivity index (χ3n) is 12.1. The van der Waals surface area contributed by atoms with Crippen LogP contribution in [0.4, 0.5) is 21.5 Å². The fraction of sp³-hybridized carbons (Fsp3) is 0. The van der Waals surface area contributed by atoms with Gasteiger partial charge in [0.1, 0.15) is 5.82 Å². The maximum absolute atomic E-state index is 14.5. The molecule has 11 aromatic rings. The highest BCUT2D eigenvalue weighted by molar-refractivity contribution is 6.18. The molecule has 10 aromatic carbocycles. The van der Waals surface area contributed by atoms with E-state index in [9.17, 15) is 4.39 Å². The van der Waals surface area contributed by atoms with Gasteiger partial charge in [0.15, 0.2) is 0 Å². The van der Waals surface area contributed by atoms with Gasteiger partial charge in [0.25, 0.3) is 0 Å². The Balaban J connectivity index is 1.05. The summed E-state index contributed by atoms with van der Waals surface area (Å²) >= 11 is 0. The average Bonchev–Trinajstić information content (AvgIpc) is 3.72. The molecule has 0 spiro atoms. The molecule has 0 aliphatic rings. The summed E-state index contributed by atoms with van der Waals surface area (Å²) in [7, 11) is 0. The van der Waals surface area contributed by atoms with Crippen molar-refractivity contribution >= 4 is 38.7 Å². The van der Waals surface area contributed by atoms with Gasteiger partial charge in [0.2, 0.25) is 0 Å². The van der Waals surface area contributed by atoms with E-state index in [0.29, 0.717) is 0 Å². The Morgan fingerprint density at radius 3 is 1.24 bits per heavy atom. The topological polar surface area (TPSA) is 8.17 Å². The Morgan fingerprint density at radius 2 is 0.730 bits per heavy atom. The number of aromatic nitrogens is 1. The van der Waals surface area contributed by atoms with Crippen molar-refractivity contribution in [2.75, 3.05) is 4.90 Å². The van der Waals surface area contributed by atoms with Gasteiger partial charge in [-0.05, 0) is 111 Å².